The van der Waals surface area contributed by atoms with Gasteiger partial charge in [0.15, 0.2) is 10.8 Å². The highest BCUT2D eigenvalue weighted by molar-refractivity contribution is 7.89. The molecule has 1 aliphatic carbocycles. The molecule has 0 spiro atoms. The van der Waals surface area contributed by atoms with E-state index in [9.17, 15) is 22.8 Å². The summed E-state index contributed by atoms with van der Waals surface area (Å²) in [7, 11) is -3.94. The second-order valence-corrected chi connectivity index (χ2v) is 13.8. The first-order valence-corrected chi connectivity index (χ1v) is 16.6. The van der Waals surface area contributed by atoms with Gasteiger partial charge in [-0.2, -0.15) is 4.31 Å². The summed E-state index contributed by atoms with van der Waals surface area (Å²) in [5.74, 6) is -0.861. The van der Waals surface area contributed by atoms with Crippen molar-refractivity contribution in [2.24, 2.45) is 5.92 Å². The molecule has 3 aromatic rings. The summed E-state index contributed by atoms with van der Waals surface area (Å²) in [4.78, 5) is 49.7. The van der Waals surface area contributed by atoms with Crippen molar-refractivity contribution < 1.29 is 22.8 Å². The molecule has 0 bridgehead atoms. The van der Waals surface area contributed by atoms with Crippen molar-refractivity contribution in [2.75, 3.05) is 13.1 Å². The molecule has 3 aromatic heterocycles. The fourth-order valence-electron chi connectivity index (χ4n) is 5.58. The fourth-order valence-corrected chi connectivity index (χ4v) is 7.84. The van der Waals surface area contributed by atoms with Crippen molar-refractivity contribution in [3.8, 4) is 10.6 Å². The number of Topliss-reactive ketones (excluding diaryl/α,β-unsaturated/α-hetero) is 1. The maximum absolute atomic E-state index is 13.6. The Labute approximate surface area is 250 Å². The van der Waals surface area contributed by atoms with Gasteiger partial charge in [0, 0.05) is 18.9 Å². The van der Waals surface area contributed by atoms with Crippen LogP contribution in [0.2, 0.25) is 0 Å². The highest BCUT2D eigenvalue weighted by Gasteiger charge is 2.35. The molecule has 1 aliphatic heterocycles. The minimum Gasteiger partial charge on any atom is -0.344 e. The summed E-state index contributed by atoms with van der Waals surface area (Å²) in [6.45, 7) is -0.203. The molecule has 1 saturated carbocycles. The zero-order chi connectivity index (χ0) is 29.5. The lowest BCUT2D eigenvalue weighted by molar-refractivity contribution is -0.129. The van der Waals surface area contributed by atoms with Crippen molar-refractivity contribution in [2.45, 2.75) is 68.5 Å². The number of hydrogen-bond donors (Lipinski definition) is 2. The minimum atomic E-state index is -3.94. The summed E-state index contributed by atoms with van der Waals surface area (Å²) in [5, 5.41) is 5.67. The number of sulfonamides is 1. The van der Waals surface area contributed by atoms with Crippen molar-refractivity contribution in [1.29, 1.82) is 0 Å². The lowest BCUT2D eigenvalue weighted by atomic mass is 9.84. The average molecular weight is 610 g/mol. The number of carbonyl (C=O) groups is 3. The molecule has 10 nitrogen and oxygen atoms in total. The third-order valence-corrected chi connectivity index (χ3v) is 10.7. The normalized spacial score (nSPS) is 19.5. The van der Waals surface area contributed by atoms with Crippen LogP contribution < -0.4 is 10.6 Å². The smallest absolute Gasteiger partial charge is 0.262 e. The monoisotopic (exact) mass is 609 g/mol. The van der Waals surface area contributed by atoms with Gasteiger partial charge in [0.1, 0.15) is 6.04 Å². The predicted molar refractivity (Wildman–Crippen MR) is 159 cm³/mol. The van der Waals surface area contributed by atoms with E-state index in [2.05, 4.69) is 20.6 Å². The van der Waals surface area contributed by atoms with E-state index >= 15 is 0 Å². The van der Waals surface area contributed by atoms with Gasteiger partial charge >= 0.3 is 0 Å². The highest BCUT2D eigenvalue weighted by Crippen LogP contribution is 2.29. The van der Waals surface area contributed by atoms with E-state index in [0.29, 0.717) is 30.1 Å². The molecule has 0 radical (unpaired) electrons. The van der Waals surface area contributed by atoms with Crippen LogP contribution in [0.15, 0.2) is 66.0 Å². The van der Waals surface area contributed by atoms with Crippen molar-refractivity contribution in [1.82, 2.24) is 24.9 Å². The van der Waals surface area contributed by atoms with Gasteiger partial charge in [0.2, 0.25) is 5.91 Å². The number of nitrogens with one attached hydrogen (secondary N) is 2. The number of nitrogens with zero attached hydrogens (tertiary/aromatic N) is 3. The fraction of sp³-hybridized carbons (Fsp3) is 0.433. The Bertz CT molecular complexity index is 1490. The first-order valence-electron chi connectivity index (χ1n) is 14.4. The zero-order valence-corrected chi connectivity index (χ0v) is 24.9. The van der Waals surface area contributed by atoms with Crippen LogP contribution in [-0.2, 0) is 19.6 Å². The largest absolute Gasteiger partial charge is 0.344 e. The molecular formula is C30H35N5O5S2. The Morgan fingerprint density at radius 1 is 0.952 bits per heavy atom. The van der Waals surface area contributed by atoms with Crippen LogP contribution in [0.25, 0.3) is 10.6 Å². The molecule has 222 valence electrons. The molecule has 2 N–H and O–H groups in total. The first kappa shape index (κ1) is 30.0. The van der Waals surface area contributed by atoms with Crippen LogP contribution in [-0.4, -0.2) is 65.5 Å². The number of carbonyl (C=O) groups excluding carboxylic acids is 3. The topological polar surface area (TPSA) is 138 Å². The number of pyridine rings is 2. The second kappa shape index (κ2) is 13.7. The van der Waals surface area contributed by atoms with Gasteiger partial charge in [-0.25, -0.2) is 13.4 Å². The number of aromatic nitrogens is 2. The number of ketones is 1. The van der Waals surface area contributed by atoms with Gasteiger partial charge in [-0.05, 0) is 61.6 Å². The molecule has 2 fully saturated rings. The van der Waals surface area contributed by atoms with E-state index in [1.807, 2.05) is 24.3 Å². The molecule has 0 aromatic carbocycles. The SMILES string of the molecule is O=C(NC(CC1CCCCC1)C(=O)N[C@H]1CCCN(S(=O)(=O)c2ccccn2)CC1=O)c1ccc(-c2ccccn2)s1. The minimum absolute atomic E-state index is 0.115. The number of hydrogen-bond acceptors (Lipinski definition) is 8. The summed E-state index contributed by atoms with van der Waals surface area (Å²) in [6.07, 6.45) is 9.61. The molecule has 1 unspecified atom stereocenters. The Morgan fingerprint density at radius 3 is 2.43 bits per heavy atom. The summed E-state index contributed by atoms with van der Waals surface area (Å²) >= 11 is 1.31. The van der Waals surface area contributed by atoms with Gasteiger partial charge < -0.3 is 10.6 Å². The Balaban J connectivity index is 1.27. The van der Waals surface area contributed by atoms with Crippen LogP contribution in [0, 0.1) is 5.92 Å². The third kappa shape index (κ3) is 7.29. The van der Waals surface area contributed by atoms with Gasteiger partial charge in [0.25, 0.3) is 15.9 Å². The van der Waals surface area contributed by atoms with Gasteiger partial charge in [0.05, 0.1) is 28.0 Å². The van der Waals surface area contributed by atoms with E-state index in [1.54, 1.807) is 24.4 Å². The number of amides is 2. The summed E-state index contributed by atoms with van der Waals surface area (Å²) in [6, 6.07) is 12.1. The maximum Gasteiger partial charge on any atom is 0.262 e. The van der Waals surface area contributed by atoms with E-state index < -0.39 is 28.0 Å². The van der Waals surface area contributed by atoms with Gasteiger partial charge in [-0.15, -0.1) is 11.3 Å². The number of rotatable bonds is 9. The number of thiophene rings is 1. The first-order chi connectivity index (χ1) is 20.3. The van der Waals surface area contributed by atoms with Crippen molar-refractivity contribution >= 4 is 39.0 Å². The van der Waals surface area contributed by atoms with Gasteiger partial charge in [-0.3, -0.25) is 19.4 Å². The molecule has 42 heavy (non-hydrogen) atoms. The molecular weight excluding hydrogens is 574 g/mol. The van der Waals surface area contributed by atoms with Crippen LogP contribution in [0.1, 0.15) is 61.0 Å². The lowest BCUT2D eigenvalue weighted by Crippen LogP contribution is -2.53. The van der Waals surface area contributed by atoms with E-state index in [1.165, 1.54) is 30.0 Å². The Morgan fingerprint density at radius 2 is 1.71 bits per heavy atom. The Kier molecular flexibility index (Phi) is 9.76. The van der Waals surface area contributed by atoms with E-state index in [0.717, 1.165) is 40.6 Å². The molecule has 2 aliphatic rings. The maximum atomic E-state index is 13.6. The van der Waals surface area contributed by atoms with Crippen LogP contribution >= 0.6 is 11.3 Å². The summed E-state index contributed by atoms with van der Waals surface area (Å²) < 4.78 is 27.3. The molecule has 2 atom stereocenters. The second-order valence-electron chi connectivity index (χ2n) is 10.8. The molecule has 12 heteroatoms. The lowest BCUT2D eigenvalue weighted by Gasteiger charge is -2.27. The van der Waals surface area contributed by atoms with E-state index in [4.69, 9.17) is 0 Å². The van der Waals surface area contributed by atoms with Crippen LogP contribution in [0.4, 0.5) is 0 Å². The van der Waals surface area contributed by atoms with E-state index in [-0.39, 0.29) is 29.8 Å². The Hall–Kier alpha value is -3.48. The third-order valence-electron chi connectivity index (χ3n) is 7.84. The molecule has 5 rings (SSSR count). The average Bonchev–Trinajstić information content (AvgIpc) is 3.44. The highest BCUT2D eigenvalue weighted by atomic mass is 32.2. The molecule has 1 saturated heterocycles. The van der Waals surface area contributed by atoms with Crippen molar-refractivity contribution in [3.63, 3.8) is 0 Å². The van der Waals surface area contributed by atoms with Gasteiger partial charge in [-0.1, -0.05) is 44.2 Å². The van der Waals surface area contributed by atoms with Crippen molar-refractivity contribution in [3.05, 3.63) is 65.8 Å². The van der Waals surface area contributed by atoms with Crippen LogP contribution in [0.5, 0.6) is 0 Å². The predicted octanol–water partition coefficient (Wildman–Crippen LogP) is 3.81. The quantitative estimate of drug-likeness (QED) is 0.376. The molecule has 2 amide bonds. The molecule has 4 heterocycles. The van der Waals surface area contributed by atoms with Crippen LogP contribution in [0.3, 0.4) is 0 Å². The summed E-state index contributed by atoms with van der Waals surface area (Å²) in [5.41, 5.74) is 0.768. The standard InChI is InChI=1S/C30H35N5O5S2/c36-25-20-35(42(39,40)28-13-5-7-17-32-28)18-8-12-22(25)33-29(37)24(19-21-9-2-1-3-10-21)34-30(38)27-15-14-26(41-27)23-11-4-6-16-31-23/h4-7,11,13-17,21-22,24H,1-3,8-10,12,18-20H2,(H,33,37)(H,34,38)/t22-,24?/m0/s1. The zero-order valence-electron chi connectivity index (χ0n) is 23.3.